The monoisotopic (exact) mass is 388 g/mol. The lowest BCUT2D eigenvalue weighted by Gasteiger charge is -2.23. The van der Waals surface area contributed by atoms with E-state index >= 15 is 0 Å². The summed E-state index contributed by atoms with van der Waals surface area (Å²) >= 11 is 0. The summed E-state index contributed by atoms with van der Waals surface area (Å²) in [6.07, 6.45) is 0.157. The first-order valence-electron chi connectivity index (χ1n) is 8.81. The fourth-order valence-electron chi connectivity index (χ4n) is 2.81. The third-order valence-corrected chi connectivity index (χ3v) is 4.31. The molecular weight excluding hydrogens is 364 g/mol. The van der Waals surface area contributed by atoms with Gasteiger partial charge in [0.15, 0.2) is 0 Å². The zero-order chi connectivity index (χ0) is 20.5. The molecule has 0 radical (unpaired) electrons. The first kappa shape index (κ1) is 21.2. The lowest BCUT2D eigenvalue weighted by molar-refractivity contribution is -0.139. The number of aliphatic carboxylic acids is 2. The van der Waals surface area contributed by atoms with Gasteiger partial charge in [-0.15, -0.1) is 0 Å². The summed E-state index contributed by atoms with van der Waals surface area (Å²) < 4.78 is 0. The van der Waals surface area contributed by atoms with Crippen molar-refractivity contribution in [2.75, 3.05) is 13.1 Å². The molecule has 0 bridgehead atoms. The van der Waals surface area contributed by atoms with Gasteiger partial charge in [-0.05, 0) is 18.6 Å². The average molecular weight is 388 g/mol. The van der Waals surface area contributed by atoms with E-state index in [0.29, 0.717) is 11.1 Å². The van der Waals surface area contributed by atoms with Crippen molar-refractivity contribution in [3.05, 3.63) is 59.7 Å². The van der Waals surface area contributed by atoms with E-state index in [1.165, 1.54) is 12.1 Å². The van der Waals surface area contributed by atoms with Crippen molar-refractivity contribution in [2.45, 2.75) is 25.6 Å². The molecule has 2 aromatic rings. The van der Waals surface area contributed by atoms with Gasteiger partial charge >= 0.3 is 11.9 Å². The minimum absolute atomic E-state index is 0.0605. The van der Waals surface area contributed by atoms with Gasteiger partial charge in [0.1, 0.15) is 17.5 Å². The first-order chi connectivity index (χ1) is 13.4. The molecule has 0 aliphatic rings. The van der Waals surface area contributed by atoms with Crippen molar-refractivity contribution in [2.24, 2.45) is 0 Å². The number of nitrogens with one attached hydrogen (secondary N) is 1. The summed E-state index contributed by atoms with van der Waals surface area (Å²) in [5, 5.41) is 41.1. The van der Waals surface area contributed by atoms with Crippen LogP contribution in [0.2, 0.25) is 0 Å². The average Bonchev–Trinajstić information content (AvgIpc) is 2.64. The second-order valence-electron chi connectivity index (χ2n) is 6.42. The van der Waals surface area contributed by atoms with Gasteiger partial charge in [0.2, 0.25) is 0 Å². The molecule has 0 saturated heterocycles. The van der Waals surface area contributed by atoms with Crippen LogP contribution >= 0.6 is 0 Å². The number of phenols is 2. The van der Waals surface area contributed by atoms with E-state index in [4.69, 9.17) is 5.11 Å². The molecule has 8 heteroatoms. The molecule has 0 spiro atoms. The summed E-state index contributed by atoms with van der Waals surface area (Å²) in [4.78, 5) is 24.3. The van der Waals surface area contributed by atoms with Crippen LogP contribution in [0.4, 0.5) is 0 Å². The molecule has 0 aliphatic carbocycles. The summed E-state index contributed by atoms with van der Waals surface area (Å²) in [5.74, 6) is -1.96. The highest BCUT2D eigenvalue weighted by atomic mass is 16.4. The molecule has 2 aromatic carbocycles. The van der Waals surface area contributed by atoms with Gasteiger partial charge in [0, 0.05) is 30.8 Å². The normalized spacial score (nSPS) is 12.0. The van der Waals surface area contributed by atoms with Crippen LogP contribution in [0, 0.1) is 0 Å². The minimum Gasteiger partial charge on any atom is -0.508 e. The fraction of sp³-hybridized carbons (Fsp3) is 0.300. The third kappa shape index (κ3) is 6.57. The van der Waals surface area contributed by atoms with E-state index in [1.807, 2.05) is 0 Å². The number of hydrogen-bond acceptors (Lipinski definition) is 6. The smallest absolute Gasteiger partial charge is 0.320 e. The highest BCUT2D eigenvalue weighted by molar-refractivity contribution is 5.73. The van der Waals surface area contributed by atoms with E-state index in [-0.39, 0.29) is 44.1 Å². The molecule has 1 atom stereocenters. The van der Waals surface area contributed by atoms with Crippen molar-refractivity contribution < 1.29 is 30.0 Å². The Kier molecular flexibility index (Phi) is 7.79. The minimum atomic E-state index is -1.06. The lowest BCUT2D eigenvalue weighted by Crippen LogP contribution is -2.40. The highest BCUT2D eigenvalue weighted by Gasteiger charge is 2.20. The van der Waals surface area contributed by atoms with Crippen LogP contribution in [0.5, 0.6) is 11.5 Å². The quantitative estimate of drug-likeness (QED) is 0.393. The number of para-hydroxylation sites is 2. The summed E-state index contributed by atoms with van der Waals surface area (Å²) in [5.41, 5.74) is 1.14. The molecule has 28 heavy (non-hydrogen) atoms. The van der Waals surface area contributed by atoms with Gasteiger partial charge < -0.3 is 25.7 Å². The van der Waals surface area contributed by atoms with Crippen molar-refractivity contribution in [3.63, 3.8) is 0 Å². The molecule has 0 amide bonds. The van der Waals surface area contributed by atoms with E-state index in [1.54, 1.807) is 41.3 Å². The van der Waals surface area contributed by atoms with E-state index in [9.17, 15) is 24.9 Å². The van der Waals surface area contributed by atoms with Crippen molar-refractivity contribution in [1.82, 2.24) is 10.2 Å². The fourth-order valence-corrected chi connectivity index (χ4v) is 2.81. The summed E-state index contributed by atoms with van der Waals surface area (Å²) in [6.45, 7) is 0.276. The molecule has 0 heterocycles. The predicted octanol–water partition coefficient (Wildman–Crippen LogP) is 1.62. The molecule has 5 N–H and O–H groups in total. The predicted molar refractivity (Wildman–Crippen MR) is 102 cm³/mol. The van der Waals surface area contributed by atoms with Gasteiger partial charge in [0.05, 0.1) is 6.54 Å². The number of phenolic OH excluding ortho intramolecular Hbond substituents is 2. The Labute approximate surface area is 162 Å². The van der Waals surface area contributed by atoms with E-state index in [0.717, 1.165) is 0 Å². The molecule has 0 saturated carbocycles. The third-order valence-electron chi connectivity index (χ3n) is 4.31. The van der Waals surface area contributed by atoms with Gasteiger partial charge in [-0.2, -0.15) is 0 Å². The number of rotatable bonds is 11. The van der Waals surface area contributed by atoms with Gasteiger partial charge in [-0.1, -0.05) is 36.4 Å². The topological polar surface area (TPSA) is 130 Å². The van der Waals surface area contributed by atoms with Crippen LogP contribution in [0.15, 0.2) is 48.5 Å². The number of carboxylic acids is 2. The summed E-state index contributed by atoms with van der Waals surface area (Å²) in [7, 11) is 0. The summed E-state index contributed by atoms with van der Waals surface area (Å²) in [6, 6.07) is 12.3. The van der Waals surface area contributed by atoms with Gasteiger partial charge in [-0.3, -0.25) is 14.5 Å². The number of nitrogens with zero attached hydrogens (tertiary/aromatic N) is 1. The maximum absolute atomic E-state index is 11.6. The zero-order valence-electron chi connectivity index (χ0n) is 15.3. The Balaban J connectivity index is 1.99. The Bertz CT molecular complexity index is 811. The molecule has 150 valence electrons. The molecule has 0 fully saturated rings. The van der Waals surface area contributed by atoms with Crippen LogP contribution in [0.3, 0.4) is 0 Å². The van der Waals surface area contributed by atoms with Crippen LogP contribution in [0.1, 0.15) is 17.5 Å². The maximum Gasteiger partial charge on any atom is 0.320 e. The largest absolute Gasteiger partial charge is 0.508 e. The first-order valence-corrected chi connectivity index (χ1v) is 8.81. The van der Waals surface area contributed by atoms with Crippen LogP contribution in [0.25, 0.3) is 0 Å². The molecule has 1 unspecified atom stereocenters. The lowest BCUT2D eigenvalue weighted by atomic mass is 10.1. The Morgan fingerprint density at radius 2 is 1.50 bits per heavy atom. The molecule has 8 nitrogen and oxygen atoms in total. The Morgan fingerprint density at radius 1 is 0.929 bits per heavy atom. The second kappa shape index (κ2) is 10.3. The van der Waals surface area contributed by atoms with E-state index < -0.39 is 18.0 Å². The maximum atomic E-state index is 11.6. The number of carboxylic acid groups (broad SMARTS) is 2. The number of benzene rings is 2. The van der Waals surface area contributed by atoms with E-state index in [2.05, 4.69) is 5.32 Å². The SMILES string of the molecule is O=C(O)CN(CCC(NCc1ccccc1O)C(=O)O)Cc1ccccc1O. The van der Waals surface area contributed by atoms with Crippen molar-refractivity contribution >= 4 is 11.9 Å². The molecule has 0 aliphatic heterocycles. The highest BCUT2D eigenvalue weighted by Crippen LogP contribution is 2.18. The Morgan fingerprint density at radius 3 is 2.04 bits per heavy atom. The standard InChI is InChI=1S/C20H24N2O6/c23-17-7-3-1-5-14(17)11-21-16(20(27)28)9-10-22(13-19(25)26)12-15-6-2-4-8-18(15)24/h1-8,16,21,23-24H,9-13H2,(H,25,26)(H,27,28). The number of carbonyl (C=O) groups is 2. The van der Waals surface area contributed by atoms with Crippen molar-refractivity contribution in [3.8, 4) is 11.5 Å². The number of aromatic hydroxyl groups is 2. The van der Waals surface area contributed by atoms with Crippen LogP contribution in [-0.4, -0.2) is 56.4 Å². The van der Waals surface area contributed by atoms with Crippen LogP contribution < -0.4 is 5.32 Å². The molecule has 2 rings (SSSR count). The van der Waals surface area contributed by atoms with Crippen molar-refractivity contribution in [1.29, 1.82) is 0 Å². The van der Waals surface area contributed by atoms with Gasteiger partial charge in [-0.25, -0.2) is 0 Å². The Hall–Kier alpha value is -3.10. The second-order valence-corrected chi connectivity index (χ2v) is 6.42. The van der Waals surface area contributed by atoms with Crippen LogP contribution in [-0.2, 0) is 22.7 Å². The number of hydrogen-bond donors (Lipinski definition) is 5. The van der Waals surface area contributed by atoms with Gasteiger partial charge in [0.25, 0.3) is 0 Å². The molecule has 0 aromatic heterocycles. The zero-order valence-corrected chi connectivity index (χ0v) is 15.3. The molecular formula is C20H24N2O6.